The molecule has 0 saturated heterocycles. The Kier molecular flexibility index (Phi) is 5.28. The van der Waals surface area contributed by atoms with E-state index in [0.717, 1.165) is 0 Å². The summed E-state index contributed by atoms with van der Waals surface area (Å²) in [6.07, 6.45) is 0. The van der Waals surface area contributed by atoms with Crippen LogP contribution in [0.3, 0.4) is 0 Å². The third-order valence-corrected chi connectivity index (χ3v) is 4.13. The molecule has 3 aromatic carbocycles. The Balaban J connectivity index is 1.69. The van der Waals surface area contributed by atoms with Crippen molar-refractivity contribution in [3.05, 3.63) is 82.9 Å². The minimum absolute atomic E-state index is 0.287. The summed E-state index contributed by atoms with van der Waals surface area (Å²) in [6, 6.07) is 17.9. The van der Waals surface area contributed by atoms with Crippen LogP contribution in [0.4, 0.5) is 22.7 Å². The summed E-state index contributed by atoms with van der Waals surface area (Å²) in [4.78, 5) is 24.5. The van der Waals surface area contributed by atoms with Crippen LogP contribution < -0.4 is 22.1 Å². The molecule has 6 nitrogen and oxygen atoms in total. The molecule has 0 aromatic heterocycles. The van der Waals surface area contributed by atoms with E-state index >= 15 is 0 Å². The van der Waals surface area contributed by atoms with Crippen LogP contribution in [0.25, 0.3) is 0 Å². The first-order valence-electron chi connectivity index (χ1n) is 8.06. The molecule has 136 valence electrons. The lowest BCUT2D eigenvalue weighted by atomic mass is 10.1. The highest BCUT2D eigenvalue weighted by Crippen LogP contribution is 2.26. The van der Waals surface area contributed by atoms with Gasteiger partial charge in [-0.25, -0.2) is 0 Å². The number of nitrogens with two attached hydrogens (primary N) is 2. The molecule has 2 amide bonds. The Morgan fingerprint density at radius 3 is 1.67 bits per heavy atom. The van der Waals surface area contributed by atoms with Gasteiger partial charge < -0.3 is 22.1 Å². The van der Waals surface area contributed by atoms with E-state index in [0.29, 0.717) is 38.9 Å². The van der Waals surface area contributed by atoms with Crippen LogP contribution in [0.15, 0.2) is 66.7 Å². The number of anilines is 4. The van der Waals surface area contributed by atoms with E-state index < -0.39 is 0 Å². The van der Waals surface area contributed by atoms with Gasteiger partial charge in [0.1, 0.15) is 0 Å². The number of hydrogen-bond acceptors (Lipinski definition) is 4. The van der Waals surface area contributed by atoms with Gasteiger partial charge in [-0.2, -0.15) is 0 Å². The second kappa shape index (κ2) is 7.80. The van der Waals surface area contributed by atoms with Crippen molar-refractivity contribution in [3.8, 4) is 0 Å². The summed E-state index contributed by atoms with van der Waals surface area (Å²) >= 11 is 6.23. The van der Waals surface area contributed by atoms with Crippen molar-refractivity contribution in [3.63, 3.8) is 0 Å². The highest BCUT2D eigenvalue weighted by atomic mass is 35.5. The van der Waals surface area contributed by atoms with Gasteiger partial charge in [0.15, 0.2) is 0 Å². The Morgan fingerprint density at radius 1 is 0.704 bits per heavy atom. The minimum Gasteiger partial charge on any atom is -0.399 e. The van der Waals surface area contributed by atoms with Crippen LogP contribution in [0.1, 0.15) is 20.7 Å². The highest BCUT2D eigenvalue weighted by Gasteiger charge is 2.11. The maximum Gasteiger partial charge on any atom is 0.255 e. The topological polar surface area (TPSA) is 110 Å². The highest BCUT2D eigenvalue weighted by molar-refractivity contribution is 6.34. The number of rotatable bonds is 4. The van der Waals surface area contributed by atoms with Gasteiger partial charge in [0, 0.05) is 28.2 Å². The molecule has 3 aromatic rings. The van der Waals surface area contributed by atoms with Crippen LogP contribution in [-0.4, -0.2) is 11.8 Å². The molecule has 0 fully saturated rings. The SMILES string of the molecule is Nc1ccc(C(=O)Nc2ccc(NC(=O)c3ccc(N)cc3)c(Cl)c2)cc1. The number of benzene rings is 3. The molecule has 6 N–H and O–H groups in total. The molecule has 0 heterocycles. The zero-order chi connectivity index (χ0) is 19.4. The number of nitrogen functional groups attached to an aromatic ring is 2. The van der Waals surface area contributed by atoms with Crippen LogP contribution >= 0.6 is 11.6 Å². The average molecular weight is 381 g/mol. The van der Waals surface area contributed by atoms with Gasteiger partial charge in [0.25, 0.3) is 11.8 Å². The van der Waals surface area contributed by atoms with Gasteiger partial charge in [-0.3, -0.25) is 9.59 Å². The predicted molar refractivity (Wildman–Crippen MR) is 109 cm³/mol. The molecular formula is C20H17ClN4O2. The van der Waals surface area contributed by atoms with Gasteiger partial charge in [-0.1, -0.05) is 11.6 Å². The van der Waals surface area contributed by atoms with E-state index in [1.807, 2.05) is 0 Å². The fourth-order valence-electron chi connectivity index (χ4n) is 2.36. The molecule has 27 heavy (non-hydrogen) atoms. The molecular weight excluding hydrogens is 364 g/mol. The average Bonchev–Trinajstić information content (AvgIpc) is 2.65. The molecule has 0 spiro atoms. The van der Waals surface area contributed by atoms with Crippen molar-refractivity contribution >= 4 is 46.2 Å². The molecule has 0 atom stereocenters. The molecule has 0 aliphatic rings. The van der Waals surface area contributed by atoms with Crippen molar-refractivity contribution in [1.29, 1.82) is 0 Å². The van der Waals surface area contributed by atoms with Gasteiger partial charge in [0.05, 0.1) is 10.7 Å². The standard InChI is InChI=1S/C20H17ClN4O2/c21-17-11-16(24-19(26)12-1-5-14(22)6-2-12)9-10-18(17)25-20(27)13-3-7-15(23)8-4-13/h1-11H,22-23H2,(H,24,26)(H,25,27). The molecule has 0 saturated carbocycles. The summed E-state index contributed by atoms with van der Waals surface area (Å²) in [5.41, 5.74) is 14.3. The van der Waals surface area contributed by atoms with E-state index in [1.165, 1.54) is 0 Å². The van der Waals surface area contributed by atoms with E-state index in [-0.39, 0.29) is 11.8 Å². The Morgan fingerprint density at radius 2 is 1.19 bits per heavy atom. The second-order valence-corrected chi connectivity index (χ2v) is 6.25. The van der Waals surface area contributed by atoms with Crippen molar-refractivity contribution in [2.24, 2.45) is 0 Å². The molecule has 0 aliphatic heterocycles. The zero-order valence-corrected chi connectivity index (χ0v) is 15.0. The monoisotopic (exact) mass is 380 g/mol. The van der Waals surface area contributed by atoms with E-state index in [9.17, 15) is 9.59 Å². The minimum atomic E-state index is -0.310. The first kappa shape index (κ1) is 18.3. The molecule has 7 heteroatoms. The fraction of sp³-hybridized carbons (Fsp3) is 0. The Bertz CT molecular complexity index is 986. The van der Waals surface area contributed by atoms with Gasteiger partial charge >= 0.3 is 0 Å². The van der Waals surface area contributed by atoms with Gasteiger partial charge in [-0.05, 0) is 66.7 Å². The smallest absolute Gasteiger partial charge is 0.255 e. The maximum absolute atomic E-state index is 12.3. The summed E-state index contributed by atoms with van der Waals surface area (Å²) in [7, 11) is 0. The van der Waals surface area contributed by atoms with Crippen LogP contribution in [0.5, 0.6) is 0 Å². The number of carbonyl (C=O) groups excluding carboxylic acids is 2. The largest absolute Gasteiger partial charge is 0.399 e. The second-order valence-electron chi connectivity index (χ2n) is 5.85. The van der Waals surface area contributed by atoms with E-state index in [4.69, 9.17) is 23.1 Å². The van der Waals surface area contributed by atoms with Crippen LogP contribution in [0, 0.1) is 0 Å². The number of hydrogen-bond donors (Lipinski definition) is 4. The lowest BCUT2D eigenvalue weighted by molar-refractivity contribution is 0.101. The Labute approximate surface area is 161 Å². The van der Waals surface area contributed by atoms with Crippen molar-refractivity contribution in [1.82, 2.24) is 0 Å². The summed E-state index contributed by atoms with van der Waals surface area (Å²) < 4.78 is 0. The van der Waals surface area contributed by atoms with Crippen molar-refractivity contribution in [2.45, 2.75) is 0 Å². The molecule has 0 aliphatic carbocycles. The number of nitrogens with one attached hydrogen (secondary N) is 2. The molecule has 0 unspecified atom stereocenters. The van der Waals surface area contributed by atoms with Gasteiger partial charge in [0.2, 0.25) is 0 Å². The van der Waals surface area contributed by atoms with E-state index in [2.05, 4.69) is 10.6 Å². The summed E-state index contributed by atoms with van der Waals surface area (Å²) in [5.74, 6) is -0.597. The van der Waals surface area contributed by atoms with Crippen LogP contribution in [-0.2, 0) is 0 Å². The Hall–Kier alpha value is -3.51. The first-order valence-corrected chi connectivity index (χ1v) is 8.43. The normalized spacial score (nSPS) is 10.3. The number of amides is 2. The summed E-state index contributed by atoms with van der Waals surface area (Å²) in [5, 5.41) is 5.77. The zero-order valence-electron chi connectivity index (χ0n) is 14.2. The molecule has 0 bridgehead atoms. The molecule has 3 rings (SSSR count). The van der Waals surface area contributed by atoms with Crippen molar-refractivity contribution < 1.29 is 9.59 Å². The lowest BCUT2D eigenvalue weighted by Crippen LogP contribution is -2.13. The third kappa shape index (κ3) is 4.56. The fourth-order valence-corrected chi connectivity index (χ4v) is 2.59. The molecule has 0 radical (unpaired) electrons. The van der Waals surface area contributed by atoms with Crippen LogP contribution in [0.2, 0.25) is 5.02 Å². The number of carbonyl (C=O) groups is 2. The predicted octanol–water partition coefficient (Wildman–Crippen LogP) is 4.01. The van der Waals surface area contributed by atoms with E-state index in [1.54, 1.807) is 66.7 Å². The van der Waals surface area contributed by atoms with Gasteiger partial charge in [-0.15, -0.1) is 0 Å². The maximum atomic E-state index is 12.3. The summed E-state index contributed by atoms with van der Waals surface area (Å²) in [6.45, 7) is 0. The van der Waals surface area contributed by atoms with Crippen molar-refractivity contribution in [2.75, 3.05) is 22.1 Å². The third-order valence-electron chi connectivity index (χ3n) is 3.82. The lowest BCUT2D eigenvalue weighted by Gasteiger charge is -2.10. The quantitative estimate of drug-likeness (QED) is 0.512. The number of halogens is 1. The first-order chi connectivity index (χ1) is 12.9.